The van der Waals surface area contributed by atoms with Crippen LogP contribution in [0.4, 0.5) is 0 Å². The molecular weight excluding hydrogens is 527 g/mol. The predicted octanol–water partition coefficient (Wildman–Crippen LogP) is 6.93. The van der Waals surface area contributed by atoms with Gasteiger partial charge < -0.3 is 9.57 Å². The Bertz CT molecular complexity index is 1200. The molecule has 2 aliphatic heterocycles. The van der Waals surface area contributed by atoms with E-state index >= 15 is 0 Å². The summed E-state index contributed by atoms with van der Waals surface area (Å²) in [5, 5.41) is 8.98. The van der Waals surface area contributed by atoms with E-state index in [9.17, 15) is 0 Å². The molecule has 0 aliphatic carbocycles. The fraction of sp³-hybridized carbons (Fsp3) is 0.400. The molecule has 0 N–H and O–H groups in total. The minimum Gasteiger partial charge on any atom is -0.476 e. The lowest BCUT2D eigenvalue weighted by atomic mass is 9.97. The van der Waals surface area contributed by atoms with Gasteiger partial charge in [-0.15, -0.1) is 11.3 Å². The van der Waals surface area contributed by atoms with Crippen LogP contribution in [-0.4, -0.2) is 46.8 Å². The molecule has 5 rings (SSSR count). The Morgan fingerprint density at radius 2 is 1.94 bits per heavy atom. The van der Waals surface area contributed by atoms with Crippen LogP contribution in [0.3, 0.4) is 0 Å². The van der Waals surface area contributed by atoms with Gasteiger partial charge in [-0.2, -0.15) is 0 Å². The van der Waals surface area contributed by atoms with Crippen LogP contribution in [0.25, 0.3) is 0 Å². The van der Waals surface area contributed by atoms with Gasteiger partial charge in [-0.05, 0) is 51.1 Å². The Balaban J connectivity index is 1.12. The fourth-order valence-corrected chi connectivity index (χ4v) is 6.51. The van der Waals surface area contributed by atoms with E-state index in [1.165, 1.54) is 0 Å². The van der Waals surface area contributed by atoms with Gasteiger partial charge >= 0.3 is 0 Å². The van der Waals surface area contributed by atoms with E-state index < -0.39 is 0 Å². The van der Waals surface area contributed by atoms with E-state index in [0.29, 0.717) is 39.6 Å². The number of thiazole rings is 1. The molecule has 35 heavy (non-hydrogen) atoms. The molecule has 0 radical (unpaired) electrons. The summed E-state index contributed by atoms with van der Waals surface area (Å²) >= 11 is 20.5. The Hall–Kier alpha value is -1.90. The number of rotatable bonds is 7. The van der Waals surface area contributed by atoms with Gasteiger partial charge in [0, 0.05) is 46.6 Å². The molecule has 0 bridgehead atoms. The van der Waals surface area contributed by atoms with Crippen LogP contribution in [0.1, 0.15) is 53.1 Å². The number of hydrogen-bond acceptors (Lipinski definition) is 7. The van der Waals surface area contributed by atoms with E-state index in [0.717, 1.165) is 60.3 Å². The molecule has 0 saturated carbocycles. The van der Waals surface area contributed by atoms with E-state index in [1.54, 1.807) is 29.7 Å². The highest BCUT2D eigenvalue weighted by Gasteiger charge is 2.30. The number of piperidine rings is 1. The van der Waals surface area contributed by atoms with E-state index in [4.69, 9.17) is 49.4 Å². The van der Waals surface area contributed by atoms with Gasteiger partial charge in [0.25, 0.3) is 0 Å². The lowest BCUT2D eigenvalue weighted by Crippen LogP contribution is -2.36. The fourth-order valence-electron chi connectivity index (χ4n) is 4.45. The van der Waals surface area contributed by atoms with E-state index in [-0.39, 0.29) is 6.10 Å². The van der Waals surface area contributed by atoms with Crippen molar-refractivity contribution in [3.8, 4) is 5.88 Å². The lowest BCUT2D eigenvalue weighted by Gasteiger charge is -2.30. The molecule has 2 aromatic heterocycles. The average Bonchev–Trinajstić information content (AvgIpc) is 3.50. The third-order valence-corrected chi connectivity index (χ3v) is 8.25. The van der Waals surface area contributed by atoms with Crippen LogP contribution in [-0.2, 0) is 4.84 Å². The summed E-state index contributed by atoms with van der Waals surface area (Å²) in [6.07, 6.45) is 4.15. The summed E-state index contributed by atoms with van der Waals surface area (Å²) in [5.41, 5.74) is 3.46. The third kappa shape index (κ3) is 5.75. The first-order chi connectivity index (χ1) is 17.0. The van der Waals surface area contributed by atoms with Crippen molar-refractivity contribution in [2.24, 2.45) is 5.16 Å². The molecule has 2 aliphatic rings. The number of pyridine rings is 1. The molecule has 1 aromatic carbocycles. The number of aromatic nitrogens is 2. The molecule has 184 valence electrons. The van der Waals surface area contributed by atoms with Crippen LogP contribution in [0.15, 0.2) is 41.0 Å². The molecule has 1 unspecified atom stereocenters. The summed E-state index contributed by atoms with van der Waals surface area (Å²) in [4.78, 5) is 17.3. The van der Waals surface area contributed by atoms with E-state index in [1.807, 2.05) is 19.1 Å². The Morgan fingerprint density at radius 1 is 1.17 bits per heavy atom. The van der Waals surface area contributed by atoms with Crippen LogP contribution >= 0.6 is 46.1 Å². The molecule has 6 nitrogen and oxygen atoms in total. The number of oxime groups is 1. The molecule has 4 heterocycles. The molecule has 1 atom stereocenters. The zero-order valence-electron chi connectivity index (χ0n) is 19.2. The van der Waals surface area contributed by atoms with E-state index in [2.05, 4.69) is 20.4 Å². The van der Waals surface area contributed by atoms with Gasteiger partial charge in [-0.1, -0.05) is 46.0 Å². The standard InChI is InChI=1S/C25H25Cl3N4O2S/c1-15-3-2-6-29-24(15)33-10-9-32-7-4-16(5-8-32)25-30-21(14-35-25)20-13-22(34-31-20)23-18(27)11-17(26)12-19(23)28/h2-3,6,11-12,14,16,22H,4-5,7-10,13H2,1H3. The van der Waals surface area contributed by atoms with Crippen LogP contribution in [0.5, 0.6) is 5.88 Å². The molecule has 1 saturated heterocycles. The van der Waals surface area contributed by atoms with Crippen LogP contribution in [0.2, 0.25) is 15.1 Å². The van der Waals surface area contributed by atoms with Gasteiger partial charge in [0.05, 0.1) is 20.7 Å². The quantitative estimate of drug-likeness (QED) is 0.319. The van der Waals surface area contributed by atoms with Crippen molar-refractivity contribution >= 4 is 51.9 Å². The van der Waals surface area contributed by atoms with Crippen molar-refractivity contribution in [2.45, 2.75) is 38.2 Å². The van der Waals surface area contributed by atoms with Crippen LogP contribution < -0.4 is 4.74 Å². The number of aryl methyl sites for hydroxylation is 1. The second kappa shape index (κ2) is 11.0. The molecule has 3 aromatic rings. The van der Waals surface area contributed by atoms with Crippen molar-refractivity contribution in [2.75, 3.05) is 26.2 Å². The van der Waals surface area contributed by atoms with Crippen molar-refractivity contribution in [1.82, 2.24) is 14.9 Å². The maximum Gasteiger partial charge on any atom is 0.216 e. The minimum absolute atomic E-state index is 0.340. The van der Waals surface area contributed by atoms with Gasteiger partial charge in [-0.25, -0.2) is 9.97 Å². The highest BCUT2D eigenvalue weighted by atomic mass is 35.5. The summed E-state index contributed by atoms with van der Waals surface area (Å²) in [6.45, 7) is 5.62. The largest absolute Gasteiger partial charge is 0.476 e. The van der Waals surface area contributed by atoms with Crippen molar-refractivity contribution in [3.05, 3.63) is 72.7 Å². The minimum atomic E-state index is -0.340. The summed E-state index contributed by atoms with van der Waals surface area (Å²) in [5.74, 6) is 1.18. The highest BCUT2D eigenvalue weighted by Crippen LogP contribution is 2.40. The molecule has 10 heteroatoms. The second-order valence-electron chi connectivity index (χ2n) is 8.78. The summed E-state index contributed by atoms with van der Waals surface area (Å²) < 4.78 is 5.86. The van der Waals surface area contributed by atoms with Crippen LogP contribution in [0, 0.1) is 6.92 Å². The SMILES string of the molecule is Cc1cccnc1OCCN1CCC(c2nc(C3=NOC(c4c(Cl)cc(Cl)cc4Cl)C3)cs2)CC1. The molecule has 1 fully saturated rings. The first kappa shape index (κ1) is 24.8. The number of benzene rings is 1. The monoisotopic (exact) mass is 550 g/mol. The van der Waals surface area contributed by atoms with Gasteiger partial charge in [0.2, 0.25) is 5.88 Å². The third-order valence-electron chi connectivity index (χ3n) is 6.40. The smallest absolute Gasteiger partial charge is 0.216 e. The second-order valence-corrected chi connectivity index (χ2v) is 10.9. The maximum absolute atomic E-state index is 6.37. The zero-order chi connectivity index (χ0) is 24.4. The highest BCUT2D eigenvalue weighted by molar-refractivity contribution is 7.10. The van der Waals surface area contributed by atoms with Gasteiger partial charge in [-0.3, -0.25) is 4.90 Å². The van der Waals surface area contributed by atoms with Gasteiger partial charge in [0.15, 0.2) is 6.10 Å². The maximum atomic E-state index is 6.37. The number of nitrogens with zero attached hydrogens (tertiary/aromatic N) is 4. The Kier molecular flexibility index (Phi) is 7.80. The number of ether oxygens (including phenoxy) is 1. The van der Waals surface area contributed by atoms with Gasteiger partial charge in [0.1, 0.15) is 12.3 Å². The number of likely N-dealkylation sites (tertiary alicyclic amines) is 1. The van der Waals surface area contributed by atoms with Crippen molar-refractivity contribution < 1.29 is 9.57 Å². The number of hydrogen-bond donors (Lipinski definition) is 0. The Morgan fingerprint density at radius 3 is 2.69 bits per heavy atom. The normalized spacial score (nSPS) is 19.0. The molecule has 0 spiro atoms. The van der Waals surface area contributed by atoms with Crippen molar-refractivity contribution in [3.63, 3.8) is 0 Å². The average molecular weight is 552 g/mol. The Labute approximate surface area is 223 Å². The molecular formula is C25H25Cl3N4O2S. The summed E-state index contributed by atoms with van der Waals surface area (Å²) in [7, 11) is 0. The van der Waals surface area contributed by atoms with Crippen molar-refractivity contribution in [1.29, 1.82) is 0 Å². The first-order valence-electron chi connectivity index (χ1n) is 11.6. The number of halogens is 3. The summed E-state index contributed by atoms with van der Waals surface area (Å²) in [6, 6.07) is 7.28. The first-order valence-corrected chi connectivity index (χ1v) is 13.6. The predicted molar refractivity (Wildman–Crippen MR) is 141 cm³/mol. The topological polar surface area (TPSA) is 59.8 Å². The zero-order valence-corrected chi connectivity index (χ0v) is 22.3. The molecule has 0 amide bonds. The lowest BCUT2D eigenvalue weighted by molar-refractivity contribution is 0.0859.